The first kappa shape index (κ1) is 18.8. The molecule has 2 aromatic carbocycles. The van der Waals surface area contributed by atoms with Gasteiger partial charge in [-0.25, -0.2) is 0 Å². The Morgan fingerprint density at radius 2 is 1.89 bits per heavy atom. The molecule has 2 aliphatic heterocycles. The van der Waals surface area contributed by atoms with Crippen LogP contribution in [0.4, 0.5) is 0 Å². The fourth-order valence-electron chi connectivity index (χ4n) is 4.24. The third kappa shape index (κ3) is 3.99. The summed E-state index contributed by atoms with van der Waals surface area (Å²) in [5.41, 5.74) is 2.62. The summed E-state index contributed by atoms with van der Waals surface area (Å²) in [7, 11) is 0. The first-order valence-electron chi connectivity index (χ1n) is 9.58. The molecule has 5 heteroatoms. The lowest BCUT2D eigenvalue weighted by Crippen LogP contribution is -2.51. The van der Waals surface area contributed by atoms with Crippen molar-refractivity contribution >= 4 is 11.6 Å². The number of benzene rings is 2. The number of nitrogens with zero attached hydrogens (tertiary/aromatic N) is 1. The van der Waals surface area contributed by atoms with Gasteiger partial charge in [-0.05, 0) is 49.6 Å². The molecule has 144 valence electrons. The molecule has 0 aliphatic carbocycles. The van der Waals surface area contributed by atoms with E-state index in [1.807, 2.05) is 49.4 Å². The van der Waals surface area contributed by atoms with Crippen LogP contribution in [0.5, 0.6) is 5.75 Å². The molecule has 0 aromatic heterocycles. The van der Waals surface area contributed by atoms with E-state index in [-0.39, 0.29) is 5.60 Å². The maximum atomic E-state index is 10.6. The third-order valence-electron chi connectivity index (χ3n) is 5.87. The summed E-state index contributed by atoms with van der Waals surface area (Å²) in [6.45, 7) is 4.31. The fraction of sp³-hybridized carbons (Fsp3) is 0.455. The van der Waals surface area contributed by atoms with Gasteiger partial charge in [-0.3, -0.25) is 0 Å². The molecule has 2 atom stereocenters. The van der Waals surface area contributed by atoms with Gasteiger partial charge in [0.1, 0.15) is 11.4 Å². The second-order valence-corrected chi connectivity index (χ2v) is 8.35. The average Bonchev–Trinajstić information content (AvgIpc) is 2.65. The number of piperidine rings is 1. The van der Waals surface area contributed by atoms with E-state index in [1.54, 1.807) is 0 Å². The van der Waals surface area contributed by atoms with Crippen LogP contribution in [0.1, 0.15) is 48.2 Å². The topological polar surface area (TPSA) is 52.9 Å². The smallest absolute Gasteiger partial charge is 0.125 e. The summed E-state index contributed by atoms with van der Waals surface area (Å²) in [5.74, 6) is 0.814. The van der Waals surface area contributed by atoms with Gasteiger partial charge in [0, 0.05) is 36.6 Å². The van der Waals surface area contributed by atoms with Gasteiger partial charge in [-0.2, -0.15) is 0 Å². The Bertz CT molecular complexity index is 800. The van der Waals surface area contributed by atoms with Crippen molar-refractivity contribution < 1.29 is 14.9 Å². The lowest BCUT2D eigenvalue weighted by molar-refractivity contribution is -0.0588. The van der Waals surface area contributed by atoms with Crippen molar-refractivity contribution in [3.05, 3.63) is 64.2 Å². The van der Waals surface area contributed by atoms with E-state index in [0.717, 1.165) is 48.4 Å². The van der Waals surface area contributed by atoms with Crippen LogP contribution in [0.3, 0.4) is 0 Å². The normalized spacial score (nSPS) is 22.9. The molecule has 0 amide bonds. The highest BCUT2D eigenvalue weighted by Gasteiger charge is 2.43. The second-order valence-electron chi connectivity index (χ2n) is 7.91. The SMILES string of the molecule is Cc1ccc2c(c1)[C@@H](O)CC1(CCN(C[C@@H](O)c3ccc(Cl)cc3)CC1)O2. The van der Waals surface area contributed by atoms with Crippen molar-refractivity contribution in [3.8, 4) is 5.75 Å². The Morgan fingerprint density at radius 1 is 1.19 bits per heavy atom. The zero-order chi connectivity index (χ0) is 19.0. The predicted octanol–water partition coefficient (Wildman–Crippen LogP) is 4.03. The molecule has 27 heavy (non-hydrogen) atoms. The summed E-state index contributed by atoms with van der Waals surface area (Å²) >= 11 is 5.92. The Kier molecular flexibility index (Phi) is 5.17. The summed E-state index contributed by atoms with van der Waals surface area (Å²) in [6.07, 6.45) is 1.34. The van der Waals surface area contributed by atoms with Crippen molar-refractivity contribution in [2.75, 3.05) is 19.6 Å². The molecule has 0 bridgehead atoms. The number of fused-ring (bicyclic) bond motifs is 1. The third-order valence-corrected chi connectivity index (χ3v) is 6.12. The Morgan fingerprint density at radius 3 is 2.59 bits per heavy atom. The molecular weight excluding hydrogens is 362 g/mol. The van der Waals surface area contributed by atoms with Crippen LogP contribution >= 0.6 is 11.6 Å². The van der Waals surface area contributed by atoms with Gasteiger partial charge < -0.3 is 19.8 Å². The molecule has 2 N–H and O–H groups in total. The van der Waals surface area contributed by atoms with Crippen LogP contribution in [0.2, 0.25) is 5.02 Å². The minimum absolute atomic E-state index is 0.302. The minimum Gasteiger partial charge on any atom is -0.487 e. The molecule has 1 spiro atoms. The summed E-state index contributed by atoms with van der Waals surface area (Å²) in [4.78, 5) is 2.27. The Labute approximate surface area is 165 Å². The highest BCUT2D eigenvalue weighted by atomic mass is 35.5. The fourth-order valence-corrected chi connectivity index (χ4v) is 4.37. The van der Waals surface area contributed by atoms with E-state index in [1.165, 1.54) is 0 Å². The number of hydrogen-bond donors (Lipinski definition) is 2. The molecule has 0 saturated carbocycles. The molecule has 2 heterocycles. The number of ether oxygens (including phenoxy) is 1. The standard InChI is InChI=1S/C22H26ClNO3/c1-15-2-7-21-18(12-15)19(25)13-22(27-21)8-10-24(11-9-22)14-20(26)16-3-5-17(23)6-4-16/h2-7,12,19-20,25-26H,8-11,13-14H2,1H3/t19-,20+/m0/s1. The van der Waals surface area contributed by atoms with E-state index in [0.29, 0.717) is 18.0 Å². The first-order chi connectivity index (χ1) is 12.9. The van der Waals surface area contributed by atoms with E-state index in [4.69, 9.17) is 16.3 Å². The zero-order valence-electron chi connectivity index (χ0n) is 15.6. The van der Waals surface area contributed by atoms with Crippen LogP contribution in [0.25, 0.3) is 0 Å². The van der Waals surface area contributed by atoms with Gasteiger partial charge in [0.15, 0.2) is 0 Å². The van der Waals surface area contributed by atoms with Crippen molar-refractivity contribution in [1.82, 2.24) is 4.90 Å². The molecule has 0 unspecified atom stereocenters. The summed E-state index contributed by atoms with van der Waals surface area (Å²) in [6, 6.07) is 13.4. The maximum Gasteiger partial charge on any atom is 0.125 e. The van der Waals surface area contributed by atoms with Gasteiger partial charge in [-0.1, -0.05) is 35.4 Å². The van der Waals surface area contributed by atoms with Crippen molar-refractivity contribution in [2.45, 2.75) is 44.0 Å². The van der Waals surface area contributed by atoms with Crippen LogP contribution in [-0.4, -0.2) is 40.3 Å². The lowest BCUT2D eigenvalue weighted by Gasteiger charge is -2.46. The number of aliphatic hydroxyl groups excluding tert-OH is 2. The number of rotatable bonds is 3. The van der Waals surface area contributed by atoms with Crippen LogP contribution < -0.4 is 4.74 Å². The number of hydrogen-bond acceptors (Lipinski definition) is 4. The molecular formula is C22H26ClNO3. The van der Waals surface area contributed by atoms with Gasteiger partial charge in [-0.15, -0.1) is 0 Å². The summed E-state index contributed by atoms with van der Waals surface area (Å²) < 4.78 is 6.37. The second kappa shape index (κ2) is 7.44. The van der Waals surface area contributed by atoms with E-state index >= 15 is 0 Å². The highest BCUT2D eigenvalue weighted by molar-refractivity contribution is 6.30. The van der Waals surface area contributed by atoms with Gasteiger partial charge in [0.25, 0.3) is 0 Å². The molecule has 1 fully saturated rings. The first-order valence-corrected chi connectivity index (χ1v) is 9.95. The maximum absolute atomic E-state index is 10.6. The monoisotopic (exact) mass is 387 g/mol. The van der Waals surface area contributed by atoms with Crippen molar-refractivity contribution in [1.29, 1.82) is 0 Å². The minimum atomic E-state index is -0.530. The van der Waals surface area contributed by atoms with E-state index < -0.39 is 12.2 Å². The Hall–Kier alpha value is -1.59. The van der Waals surface area contributed by atoms with Crippen LogP contribution in [0, 0.1) is 6.92 Å². The number of aryl methyl sites for hydroxylation is 1. The van der Waals surface area contributed by atoms with Crippen LogP contribution in [0.15, 0.2) is 42.5 Å². The largest absolute Gasteiger partial charge is 0.487 e. The quantitative estimate of drug-likeness (QED) is 0.834. The number of aliphatic hydroxyl groups is 2. The van der Waals surface area contributed by atoms with Crippen LogP contribution in [-0.2, 0) is 0 Å². The van der Waals surface area contributed by atoms with E-state index in [9.17, 15) is 10.2 Å². The van der Waals surface area contributed by atoms with Gasteiger partial charge >= 0.3 is 0 Å². The number of β-amino-alcohol motifs (C(OH)–C–C–N with tert-alkyl or cyclic N) is 1. The summed E-state index contributed by atoms with van der Waals surface area (Å²) in [5, 5.41) is 21.8. The Balaban J connectivity index is 1.39. The molecule has 0 radical (unpaired) electrons. The zero-order valence-corrected chi connectivity index (χ0v) is 16.3. The van der Waals surface area contributed by atoms with Gasteiger partial charge in [0.05, 0.1) is 12.2 Å². The molecule has 4 nitrogen and oxygen atoms in total. The predicted molar refractivity (Wildman–Crippen MR) is 106 cm³/mol. The number of likely N-dealkylation sites (tertiary alicyclic amines) is 1. The molecule has 2 aromatic rings. The average molecular weight is 388 g/mol. The lowest BCUT2D eigenvalue weighted by atomic mass is 9.81. The van der Waals surface area contributed by atoms with Crippen molar-refractivity contribution in [3.63, 3.8) is 0 Å². The number of halogens is 1. The van der Waals surface area contributed by atoms with Gasteiger partial charge in [0.2, 0.25) is 0 Å². The molecule has 4 rings (SSSR count). The molecule has 1 saturated heterocycles. The highest BCUT2D eigenvalue weighted by Crippen LogP contribution is 2.44. The molecule has 2 aliphatic rings. The van der Waals surface area contributed by atoms with E-state index in [2.05, 4.69) is 4.90 Å². The van der Waals surface area contributed by atoms with Crippen molar-refractivity contribution in [2.24, 2.45) is 0 Å².